The molecule has 4 nitrogen and oxygen atoms in total. The molecule has 0 aliphatic carbocycles. The number of benzene rings is 1. The van der Waals surface area contributed by atoms with Crippen LogP contribution < -0.4 is 10.1 Å². The molecule has 4 heteroatoms. The molecule has 0 spiro atoms. The molecule has 2 rings (SSSR count). The summed E-state index contributed by atoms with van der Waals surface area (Å²) in [6.45, 7) is 1.61. The third-order valence-corrected chi connectivity index (χ3v) is 2.54. The highest BCUT2D eigenvalue weighted by atomic mass is 16.5. The second-order valence-electron chi connectivity index (χ2n) is 3.92. The second-order valence-corrected chi connectivity index (χ2v) is 3.92. The monoisotopic (exact) mass is 231 g/mol. The number of hydrogen-bond donors (Lipinski definition) is 1. The van der Waals surface area contributed by atoms with Gasteiger partial charge in [-0.2, -0.15) is 0 Å². The Balaban J connectivity index is 2.08. The molecule has 1 heterocycles. The predicted octanol–water partition coefficient (Wildman–Crippen LogP) is 1.66. The zero-order chi connectivity index (χ0) is 12.1. The Bertz CT molecular complexity index is 479. The van der Waals surface area contributed by atoms with Crippen molar-refractivity contribution in [2.24, 2.45) is 0 Å². The first-order valence-electron chi connectivity index (χ1n) is 5.60. The van der Waals surface area contributed by atoms with Gasteiger partial charge in [-0.05, 0) is 24.7 Å². The highest BCUT2D eigenvalue weighted by Gasteiger charge is 2.00. The van der Waals surface area contributed by atoms with Crippen LogP contribution in [0, 0.1) is 0 Å². The van der Waals surface area contributed by atoms with E-state index in [1.54, 1.807) is 7.11 Å². The molecule has 17 heavy (non-hydrogen) atoms. The van der Waals surface area contributed by atoms with E-state index in [0.717, 1.165) is 24.5 Å². The van der Waals surface area contributed by atoms with Gasteiger partial charge in [0.1, 0.15) is 5.75 Å². The van der Waals surface area contributed by atoms with E-state index in [9.17, 15) is 0 Å². The quantitative estimate of drug-likeness (QED) is 0.850. The van der Waals surface area contributed by atoms with Gasteiger partial charge in [-0.15, -0.1) is 0 Å². The summed E-state index contributed by atoms with van der Waals surface area (Å²) >= 11 is 0. The fourth-order valence-electron chi connectivity index (χ4n) is 1.75. The maximum atomic E-state index is 5.20. The number of nitrogens with zero attached hydrogens (tertiary/aromatic N) is 2. The SMILES string of the molecule is CNCc1cn(Cc2cccc(OC)c2)cn1. The van der Waals surface area contributed by atoms with Crippen molar-refractivity contribution in [2.45, 2.75) is 13.1 Å². The van der Waals surface area contributed by atoms with Crippen molar-refractivity contribution >= 4 is 0 Å². The second kappa shape index (κ2) is 5.50. The van der Waals surface area contributed by atoms with Gasteiger partial charge in [-0.3, -0.25) is 0 Å². The summed E-state index contributed by atoms with van der Waals surface area (Å²) in [6, 6.07) is 8.07. The molecule has 1 N–H and O–H groups in total. The number of imidazole rings is 1. The molecule has 0 saturated carbocycles. The van der Waals surface area contributed by atoms with Gasteiger partial charge in [0.15, 0.2) is 0 Å². The van der Waals surface area contributed by atoms with Crippen LogP contribution in [0.15, 0.2) is 36.8 Å². The largest absolute Gasteiger partial charge is 0.497 e. The van der Waals surface area contributed by atoms with E-state index >= 15 is 0 Å². The van der Waals surface area contributed by atoms with Crippen LogP contribution in [0.3, 0.4) is 0 Å². The van der Waals surface area contributed by atoms with Gasteiger partial charge in [-0.1, -0.05) is 12.1 Å². The summed E-state index contributed by atoms with van der Waals surface area (Å²) in [5, 5.41) is 3.08. The molecule has 1 aromatic carbocycles. The van der Waals surface area contributed by atoms with Crippen LogP contribution in [0.1, 0.15) is 11.3 Å². The number of rotatable bonds is 5. The van der Waals surface area contributed by atoms with E-state index in [0.29, 0.717) is 0 Å². The van der Waals surface area contributed by atoms with Crippen LogP contribution >= 0.6 is 0 Å². The Labute approximate surface area is 101 Å². The van der Waals surface area contributed by atoms with E-state index < -0.39 is 0 Å². The Morgan fingerprint density at radius 2 is 2.29 bits per heavy atom. The standard InChI is InChI=1S/C13H17N3O/c1-14-7-12-9-16(10-15-12)8-11-4-3-5-13(6-11)17-2/h3-6,9-10,14H,7-8H2,1-2H3. The molecular weight excluding hydrogens is 214 g/mol. The van der Waals surface area contributed by atoms with Gasteiger partial charge in [0.05, 0.1) is 19.1 Å². The molecule has 2 aromatic rings. The van der Waals surface area contributed by atoms with Crippen molar-refractivity contribution in [3.8, 4) is 5.75 Å². The lowest BCUT2D eigenvalue weighted by atomic mass is 10.2. The smallest absolute Gasteiger partial charge is 0.119 e. The molecule has 0 unspecified atom stereocenters. The van der Waals surface area contributed by atoms with Gasteiger partial charge in [0, 0.05) is 19.3 Å². The molecule has 0 aliphatic rings. The third kappa shape index (κ3) is 3.07. The fourth-order valence-corrected chi connectivity index (χ4v) is 1.75. The predicted molar refractivity (Wildman–Crippen MR) is 67.1 cm³/mol. The first-order chi connectivity index (χ1) is 8.31. The van der Waals surface area contributed by atoms with Crippen molar-refractivity contribution in [1.82, 2.24) is 14.9 Å². The van der Waals surface area contributed by atoms with E-state index in [-0.39, 0.29) is 0 Å². The molecule has 0 saturated heterocycles. The number of ether oxygens (including phenoxy) is 1. The number of methoxy groups -OCH3 is 1. The lowest BCUT2D eigenvalue weighted by Gasteiger charge is -2.05. The normalized spacial score (nSPS) is 10.5. The Hall–Kier alpha value is -1.81. The first-order valence-corrected chi connectivity index (χ1v) is 5.60. The summed E-state index contributed by atoms with van der Waals surface area (Å²) in [5.74, 6) is 0.887. The molecule has 0 bridgehead atoms. The molecule has 1 aromatic heterocycles. The van der Waals surface area contributed by atoms with Gasteiger partial charge in [0.2, 0.25) is 0 Å². The maximum Gasteiger partial charge on any atom is 0.119 e. The average Bonchev–Trinajstić information content (AvgIpc) is 2.77. The van der Waals surface area contributed by atoms with Crippen LogP contribution in [0.4, 0.5) is 0 Å². The minimum atomic E-state index is 0.797. The van der Waals surface area contributed by atoms with E-state index in [1.807, 2.05) is 31.6 Å². The van der Waals surface area contributed by atoms with Gasteiger partial charge in [-0.25, -0.2) is 4.98 Å². The summed E-state index contributed by atoms with van der Waals surface area (Å²) in [4.78, 5) is 4.31. The lowest BCUT2D eigenvalue weighted by molar-refractivity contribution is 0.414. The molecular formula is C13H17N3O. The van der Waals surface area contributed by atoms with Crippen LogP contribution in [0.2, 0.25) is 0 Å². The first kappa shape index (κ1) is 11.7. The van der Waals surface area contributed by atoms with E-state index in [1.165, 1.54) is 5.56 Å². The minimum Gasteiger partial charge on any atom is -0.497 e. The maximum absolute atomic E-state index is 5.20. The van der Waals surface area contributed by atoms with Crippen molar-refractivity contribution < 1.29 is 4.74 Å². The summed E-state index contributed by atoms with van der Waals surface area (Å²) < 4.78 is 7.27. The molecule has 0 amide bonds. The zero-order valence-electron chi connectivity index (χ0n) is 10.2. The minimum absolute atomic E-state index is 0.797. The van der Waals surface area contributed by atoms with E-state index in [2.05, 4.69) is 27.1 Å². The van der Waals surface area contributed by atoms with Gasteiger partial charge < -0.3 is 14.6 Å². The van der Waals surface area contributed by atoms with Crippen LogP contribution in [-0.4, -0.2) is 23.7 Å². The van der Waals surface area contributed by atoms with Crippen molar-refractivity contribution in [3.63, 3.8) is 0 Å². The molecule has 90 valence electrons. The topological polar surface area (TPSA) is 39.1 Å². The lowest BCUT2D eigenvalue weighted by Crippen LogP contribution is -2.05. The summed E-state index contributed by atoms with van der Waals surface area (Å²) in [6.07, 6.45) is 3.90. The van der Waals surface area contributed by atoms with Crippen molar-refractivity contribution in [2.75, 3.05) is 14.2 Å². The molecule has 0 fully saturated rings. The van der Waals surface area contributed by atoms with Crippen molar-refractivity contribution in [3.05, 3.63) is 48.0 Å². The summed E-state index contributed by atoms with van der Waals surface area (Å²) in [5.41, 5.74) is 2.26. The van der Waals surface area contributed by atoms with Crippen molar-refractivity contribution in [1.29, 1.82) is 0 Å². The Kier molecular flexibility index (Phi) is 3.77. The number of nitrogens with one attached hydrogen (secondary N) is 1. The Morgan fingerprint density at radius 1 is 1.41 bits per heavy atom. The van der Waals surface area contributed by atoms with Crippen LogP contribution in [-0.2, 0) is 13.1 Å². The van der Waals surface area contributed by atoms with E-state index in [4.69, 9.17) is 4.74 Å². The van der Waals surface area contributed by atoms with Gasteiger partial charge in [0.25, 0.3) is 0 Å². The fraction of sp³-hybridized carbons (Fsp3) is 0.308. The van der Waals surface area contributed by atoms with Gasteiger partial charge >= 0.3 is 0 Å². The molecule has 0 atom stereocenters. The molecule has 0 aliphatic heterocycles. The van der Waals surface area contributed by atoms with Crippen LogP contribution in [0.25, 0.3) is 0 Å². The Morgan fingerprint density at radius 3 is 3.06 bits per heavy atom. The summed E-state index contributed by atoms with van der Waals surface area (Å²) in [7, 11) is 3.60. The zero-order valence-corrected chi connectivity index (χ0v) is 10.2. The highest BCUT2D eigenvalue weighted by Crippen LogP contribution is 2.13. The number of hydrogen-bond acceptors (Lipinski definition) is 3. The number of aromatic nitrogens is 2. The third-order valence-electron chi connectivity index (χ3n) is 2.54. The van der Waals surface area contributed by atoms with Crippen LogP contribution in [0.5, 0.6) is 5.75 Å². The highest BCUT2D eigenvalue weighted by molar-refractivity contribution is 5.28. The molecule has 0 radical (unpaired) electrons. The average molecular weight is 231 g/mol.